The minimum absolute atomic E-state index is 0.111. The quantitative estimate of drug-likeness (QED) is 0.674. The summed E-state index contributed by atoms with van der Waals surface area (Å²) in [4.78, 5) is 12.1. The molecule has 0 saturated carbocycles. The van der Waals surface area contributed by atoms with Crippen molar-refractivity contribution in [3.05, 3.63) is 65.6 Å². The molecule has 118 valence electrons. The maximum Gasteiger partial charge on any atom is 0.252 e. The highest BCUT2D eigenvalue weighted by molar-refractivity contribution is 5.94. The highest BCUT2D eigenvalue weighted by atomic mass is 16.1. The number of carbonyl (C=O) groups excluding carboxylic acids is 1. The molecular formula is C17H19N5O. The van der Waals surface area contributed by atoms with Crippen molar-refractivity contribution < 1.29 is 4.79 Å². The molecule has 3 N–H and O–H groups in total. The van der Waals surface area contributed by atoms with Gasteiger partial charge in [-0.05, 0) is 30.7 Å². The summed E-state index contributed by atoms with van der Waals surface area (Å²) in [5.74, 6) is 0.697. The molecule has 2 aromatic heterocycles. The van der Waals surface area contributed by atoms with Crippen molar-refractivity contribution in [2.24, 2.45) is 5.73 Å². The topological polar surface area (TPSA) is 85.3 Å². The van der Waals surface area contributed by atoms with E-state index in [9.17, 15) is 4.79 Å². The Morgan fingerprint density at radius 1 is 1.13 bits per heavy atom. The highest BCUT2D eigenvalue weighted by Crippen LogP contribution is 2.11. The van der Waals surface area contributed by atoms with Crippen LogP contribution in [0.3, 0.4) is 0 Å². The number of hydrogen-bond acceptors (Lipinski definition) is 4. The van der Waals surface area contributed by atoms with Crippen molar-refractivity contribution in [2.45, 2.75) is 12.8 Å². The van der Waals surface area contributed by atoms with E-state index in [4.69, 9.17) is 5.73 Å². The van der Waals surface area contributed by atoms with Crippen LogP contribution < -0.4 is 11.1 Å². The average molecular weight is 309 g/mol. The summed E-state index contributed by atoms with van der Waals surface area (Å²) in [6, 6.07) is 13.6. The summed E-state index contributed by atoms with van der Waals surface area (Å²) >= 11 is 0. The molecule has 0 radical (unpaired) electrons. The van der Waals surface area contributed by atoms with Crippen LogP contribution in [0.4, 0.5) is 0 Å². The van der Waals surface area contributed by atoms with Crippen molar-refractivity contribution in [2.75, 3.05) is 13.1 Å². The Bertz CT molecular complexity index is 797. The van der Waals surface area contributed by atoms with Gasteiger partial charge in [-0.2, -0.15) is 0 Å². The van der Waals surface area contributed by atoms with Gasteiger partial charge < -0.3 is 11.1 Å². The monoisotopic (exact) mass is 309 g/mol. The first kappa shape index (κ1) is 15.2. The lowest BCUT2D eigenvalue weighted by atomic mass is 10.1. The van der Waals surface area contributed by atoms with Crippen LogP contribution in [-0.4, -0.2) is 33.6 Å². The van der Waals surface area contributed by atoms with E-state index < -0.39 is 0 Å². The lowest BCUT2D eigenvalue weighted by Crippen LogP contribution is -2.26. The Kier molecular flexibility index (Phi) is 4.63. The molecule has 0 saturated heterocycles. The van der Waals surface area contributed by atoms with Crippen LogP contribution in [0.5, 0.6) is 0 Å². The Balaban J connectivity index is 1.83. The number of fused-ring (bicyclic) bond motifs is 1. The molecule has 2 heterocycles. The van der Waals surface area contributed by atoms with E-state index in [1.807, 2.05) is 34.7 Å². The molecule has 0 bridgehead atoms. The van der Waals surface area contributed by atoms with Gasteiger partial charge in [0.15, 0.2) is 5.65 Å². The molecule has 1 aromatic carbocycles. The number of rotatable bonds is 6. The number of nitrogens with one attached hydrogen (secondary N) is 1. The van der Waals surface area contributed by atoms with Crippen molar-refractivity contribution >= 4 is 11.6 Å². The van der Waals surface area contributed by atoms with Gasteiger partial charge in [0, 0.05) is 19.2 Å². The van der Waals surface area contributed by atoms with Crippen LogP contribution in [0.1, 0.15) is 28.2 Å². The molecular weight excluding hydrogens is 290 g/mol. The van der Waals surface area contributed by atoms with Gasteiger partial charge in [-0.15, -0.1) is 10.2 Å². The molecule has 6 nitrogen and oxygen atoms in total. The zero-order valence-electron chi connectivity index (χ0n) is 12.8. The van der Waals surface area contributed by atoms with Crippen molar-refractivity contribution in [3.8, 4) is 0 Å². The number of hydrogen-bond donors (Lipinski definition) is 2. The van der Waals surface area contributed by atoms with Crippen molar-refractivity contribution in [1.29, 1.82) is 0 Å². The zero-order chi connectivity index (χ0) is 16.1. The standard InChI is InChI=1S/C17H19N5O/c18-9-4-10-19-17(23)14-7-8-15-20-21-16(22(15)12-14)11-13-5-2-1-3-6-13/h1-3,5-8,12H,4,9-11,18H2,(H,19,23). The number of aromatic nitrogens is 3. The van der Waals surface area contributed by atoms with Gasteiger partial charge in [0.05, 0.1) is 5.56 Å². The van der Waals surface area contributed by atoms with Gasteiger partial charge in [-0.1, -0.05) is 30.3 Å². The summed E-state index contributed by atoms with van der Waals surface area (Å²) < 4.78 is 1.87. The molecule has 6 heteroatoms. The summed E-state index contributed by atoms with van der Waals surface area (Å²) in [5, 5.41) is 11.2. The SMILES string of the molecule is NCCCNC(=O)c1ccc2nnc(Cc3ccccc3)n2c1. The molecule has 0 spiro atoms. The molecule has 0 unspecified atom stereocenters. The maximum atomic E-state index is 12.1. The van der Waals surface area contributed by atoms with Crippen LogP contribution >= 0.6 is 0 Å². The second-order valence-corrected chi connectivity index (χ2v) is 5.32. The van der Waals surface area contributed by atoms with E-state index in [0.29, 0.717) is 25.1 Å². The lowest BCUT2D eigenvalue weighted by molar-refractivity contribution is 0.0953. The van der Waals surface area contributed by atoms with Gasteiger partial charge in [-0.3, -0.25) is 9.20 Å². The number of amides is 1. The second kappa shape index (κ2) is 7.02. The highest BCUT2D eigenvalue weighted by Gasteiger charge is 2.10. The summed E-state index contributed by atoms with van der Waals surface area (Å²) in [7, 11) is 0. The minimum atomic E-state index is -0.111. The predicted octanol–water partition coefficient (Wildman–Crippen LogP) is 1.40. The van der Waals surface area contributed by atoms with Gasteiger partial charge in [0.2, 0.25) is 0 Å². The predicted molar refractivity (Wildman–Crippen MR) is 88.2 cm³/mol. The van der Waals surface area contributed by atoms with E-state index in [1.165, 1.54) is 0 Å². The van der Waals surface area contributed by atoms with E-state index in [2.05, 4.69) is 15.5 Å². The normalized spacial score (nSPS) is 10.8. The smallest absolute Gasteiger partial charge is 0.252 e. The largest absolute Gasteiger partial charge is 0.352 e. The summed E-state index contributed by atoms with van der Waals surface area (Å²) in [5.41, 5.74) is 7.91. The average Bonchev–Trinajstić information content (AvgIpc) is 2.98. The van der Waals surface area contributed by atoms with Crippen molar-refractivity contribution in [3.63, 3.8) is 0 Å². The van der Waals surface area contributed by atoms with E-state index >= 15 is 0 Å². The summed E-state index contributed by atoms with van der Waals surface area (Å²) in [6.45, 7) is 1.14. The van der Waals surface area contributed by atoms with E-state index in [-0.39, 0.29) is 5.91 Å². The van der Waals surface area contributed by atoms with Crippen LogP contribution in [0, 0.1) is 0 Å². The molecule has 3 rings (SSSR count). The molecule has 23 heavy (non-hydrogen) atoms. The molecule has 3 aromatic rings. The molecule has 1 amide bonds. The van der Waals surface area contributed by atoms with Crippen LogP contribution in [-0.2, 0) is 6.42 Å². The Labute approximate surface area is 134 Å². The van der Waals surface area contributed by atoms with Gasteiger partial charge >= 0.3 is 0 Å². The Morgan fingerprint density at radius 3 is 2.74 bits per heavy atom. The fraction of sp³-hybridized carbons (Fsp3) is 0.235. The minimum Gasteiger partial charge on any atom is -0.352 e. The first-order valence-corrected chi connectivity index (χ1v) is 7.64. The number of benzene rings is 1. The van der Waals surface area contributed by atoms with Crippen LogP contribution in [0.15, 0.2) is 48.7 Å². The molecule has 0 aliphatic heterocycles. The van der Waals surface area contributed by atoms with Gasteiger partial charge in [-0.25, -0.2) is 0 Å². The molecule has 0 aliphatic carbocycles. The van der Waals surface area contributed by atoms with Gasteiger partial charge in [0.25, 0.3) is 5.91 Å². The van der Waals surface area contributed by atoms with Gasteiger partial charge in [0.1, 0.15) is 5.82 Å². The van der Waals surface area contributed by atoms with E-state index in [0.717, 1.165) is 23.5 Å². The third kappa shape index (κ3) is 3.54. The summed E-state index contributed by atoms with van der Waals surface area (Å²) in [6.07, 6.45) is 3.21. The Morgan fingerprint density at radius 2 is 1.96 bits per heavy atom. The lowest BCUT2D eigenvalue weighted by Gasteiger charge is -2.06. The fourth-order valence-electron chi connectivity index (χ4n) is 2.38. The number of pyridine rings is 1. The number of nitrogens with two attached hydrogens (primary N) is 1. The first-order valence-electron chi connectivity index (χ1n) is 7.64. The van der Waals surface area contributed by atoms with Crippen molar-refractivity contribution in [1.82, 2.24) is 19.9 Å². The maximum absolute atomic E-state index is 12.1. The van der Waals surface area contributed by atoms with Crippen LogP contribution in [0.2, 0.25) is 0 Å². The van der Waals surface area contributed by atoms with E-state index in [1.54, 1.807) is 18.3 Å². The number of nitrogens with zero attached hydrogens (tertiary/aromatic N) is 3. The van der Waals surface area contributed by atoms with Crippen LogP contribution in [0.25, 0.3) is 5.65 Å². The second-order valence-electron chi connectivity index (χ2n) is 5.32. The Hall–Kier alpha value is -2.73. The molecule has 0 atom stereocenters. The first-order chi connectivity index (χ1) is 11.3. The fourth-order valence-corrected chi connectivity index (χ4v) is 2.38. The zero-order valence-corrected chi connectivity index (χ0v) is 12.8. The molecule has 0 fully saturated rings. The molecule has 0 aliphatic rings. The number of carbonyl (C=O) groups is 1. The third-order valence-corrected chi connectivity index (χ3v) is 3.61. The third-order valence-electron chi connectivity index (χ3n) is 3.61.